The van der Waals surface area contributed by atoms with Crippen LogP contribution in [0.25, 0.3) is 21.8 Å². The number of thiazole rings is 1. The van der Waals surface area contributed by atoms with E-state index in [-0.39, 0.29) is 11.7 Å². The number of aryl methyl sites for hydroxylation is 3. The van der Waals surface area contributed by atoms with Crippen LogP contribution in [0.1, 0.15) is 115 Å². The zero-order valence-corrected chi connectivity index (χ0v) is 45.2. The van der Waals surface area contributed by atoms with E-state index in [1.165, 1.54) is 80.9 Å². The molecule has 75 heavy (non-hydrogen) atoms. The lowest BCUT2D eigenvalue weighted by Crippen LogP contribution is -2.36. The smallest absolute Gasteiger partial charge is 0.376 e. The molecule has 0 unspecified atom stereocenters. The van der Waals surface area contributed by atoms with Crippen LogP contribution in [0.2, 0.25) is 0 Å². The van der Waals surface area contributed by atoms with Gasteiger partial charge in [0.1, 0.15) is 11.6 Å². The number of hydrogen-bond acceptors (Lipinski definition) is 8. The van der Waals surface area contributed by atoms with Crippen molar-refractivity contribution in [2.24, 2.45) is 17.6 Å². The SMILES string of the molecule is CCN(CC1CCCC1)c1nc2ccccc2cc1CN(Cc1cc(C)cc(C(F)(F)F)c1)C(N)=S.CCN(CC1CCCC1)c1nc2ccccc2cc1CN(Cc1cc(C)cc(C(F)(F)F)c1)c1nc(C)cs1. The van der Waals surface area contributed by atoms with Crippen molar-refractivity contribution in [3.63, 3.8) is 0 Å². The predicted molar refractivity (Wildman–Crippen MR) is 298 cm³/mol. The summed E-state index contributed by atoms with van der Waals surface area (Å²) in [5.74, 6) is 3.16. The molecule has 398 valence electrons. The average molecular weight is 1070 g/mol. The first kappa shape index (κ1) is 55.2. The molecule has 2 aliphatic rings. The van der Waals surface area contributed by atoms with E-state index in [2.05, 4.69) is 46.7 Å². The molecule has 0 atom stereocenters. The van der Waals surface area contributed by atoms with Crippen molar-refractivity contribution in [1.82, 2.24) is 19.9 Å². The topological polar surface area (TPSA) is 77.7 Å². The van der Waals surface area contributed by atoms with Crippen molar-refractivity contribution in [3.8, 4) is 0 Å². The molecule has 0 spiro atoms. The van der Waals surface area contributed by atoms with Crippen molar-refractivity contribution in [2.75, 3.05) is 40.9 Å². The Kier molecular flexibility index (Phi) is 17.9. The molecule has 7 aromatic rings. The van der Waals surface area contributed by atoms with Crippen LogP contribution < -0.4 is 20.4 Å². The summed E-state index contributed by atoms with van der Waals surface area (Å²) < 4.78 is 81.1. The lowest BCUT2D eigenvalue weighted by molar-refractivity contribution is -0.138. The molecular formula is C59H68F6N8S2. The number of pyridine rings is 2. The maximum atomic E-state index is 13.6. The van der Waals surface area contributed by atoms with Gasteiger partial charge in [-0.3, -0.25) is 0 Å². The molecule has 2 aliphatic carbocycles. The monoisotopic (exact) mass is 1070 g/mol. The minimum atomic E-state index is -4.41. The van der Waals surface area contributed by atoms with Gasteiger partial charge in [-0.15, -0.1) is 11.3 Å². The van der Waals surface area contributed by atoms with E-state index in [1.807, 2.05) is 60.8 Å². The third-order valence-electron chi connectivity index (χ3n) is 14.4. The molecule has 9 rings (SSSR count). The van der Waals surface area contributed by atoms with E-state index in [0.717, 1.165) is 87.6 Å². The molecule has 3 aromatic heterocycles. The number of nitrogens with two attached hydrogens (primary N) is 1. The van der Waals surface area contributed by atoms with Crippen LogP contribution >= 0.6 is 23.6 Å². The molecule has 0 amide bonds. The van der Waals surface area contributed by atoms with E-state index in [1.54, 1.807) is 24.8 Å². The number of benzene rings is 4. The summed E-state index contributed by atoms with van der Waals surface area (Å²) in [5.41, 5.74) is 11.9. The van der Waals surface area contributed by atoms with Crippen molar-refractivity contribution in [2.45, 2.75) is 125 Å². The highest BCUT2D eigenvalue weighted by atomic mass is 32.1. The first-order chi connectivity index (χ1) is 35.8. The maximum absolute atomic E-state index is 13.6. The molecule has 2 N–H and O–H groups in total. The Morgan fingerprint density at radius 1 is 0.587 bits per heavy atom. The van der Waals surface area contributed by atoms with E-state index in [9.17, 15) is 26.3 Å². The fourth-order valence-corrected chi connectivity index (χ4v) is 11.7. The number of nitrogens with zero attached hydrogens (tertiary/aromatic N) is 7. The molecule has 0 aliphatic heterocycles. The van der Waals surface area contributed by atoms with Crippen LogP contribution in [0.5, 0.6) is 0 Å². The van der Waals surface area contributed by atoms with Gasteiger partial charge >= 0.3 is 12.4 Å². The summed E-state index contributed by atoms with van der Waals surface area (Å²) in [5, 5.41) is 4.98. The Hall–Kier alpha value is -6.00. The number of alkyl halides is 6. The van der Waals surface area contributed by atoms with Crippen LogP contribution in [0.3, 0.4) is 0 Å². The number of thiocarbonyl (C=S) groups is 1. The highest BCUT2D eigenvalue weighted by molar-refractivity contribution is 7.80. The van der Waals surface area contributed by atoms with Crippen molar-refractivity contribution < 1.29 is 26.3 Å². The third kappa shape index (κ3) is 14.5. The van der Waals surface area contributed by atoms with Gasteiger partial charge in [0, 0.05) is 79.6 Å². The lowest BCUT2D eigenvalue weighted by atomic mass is 10.0. The fourth-order valence-electron chi connectivity index (χ4n) is 10.8. The van der Waals surface area contributed by atoms with E-state index < -0.39 is 23.5 Å². The number of halogens is 6. The number of hydrogen-bond donors (Lipinski definition) is 1. The van der Waals surface area contributed by atoms with Gasteiger partial charge < -0.3 is 25.3 Å². The fraction of sp³-hybridized carbons (Fsp3) is 0.424. The normalized spacial score (nSPS) is 14.3. The van der Waals surface area contributed by atoms with Crippen LogP contribution in [0.15, 0.2) is 102 Å². The van der Waals surface area contributed by atoms with Gasteiger partial charge in [-0.1, -0.05) is 85.3 Å². The molecule has 8 nitrogen and oxygen atoms in total. The van der Waals surface area contributed by atoms with Crippen molar-refractivity contribution >= 4 is 67.2 Å². The van der Waals surface area contributed by atoms with Crippen LogP contribution in [-0.4, -0.2) is 51.1 Å². The Balaban J connectivity index is 0.000000200. The Labute approximate surface area is 447 Å². The zero-order chi connectivity index (χ0) is 53.4. The summed E-state index contributed by atoms with van der Waals surface area (Å²) in [6.07, 6.45) is 1.27. The lowest BCUT2D eigenvalue weighted by Gasteiger charge is -2.30. The van der Waals surface area contributed by atoms with Gasteiger partial charge in [-0.2, -0.15) is 26.3 Å². The quantitative estimate of drug-likeness (QED) is 0.0709. The maximum Gasteiger partial charge on any atom is 0.416 e. The Bertz CT molecular complexity index is 3050. The molecule has 0 saturated heterocycles. The summed E-state index contributed by atoms with van der Waals surface area (Å²) >= 11 is 6.87. The second-order valence-corrected chi connectivity index (χ2v) is 21.7. The second kappa shape index (κ2) is 24.3. The minimum Gasteiger partial charge on any atom is -0.376 e. The number of aromatic nitrogens is 3. The highest BCUT2D eigenvalue weighted by Crippen LogP contribution is 2.36. The third-order valence-corrected chi connectivity index (χ3v) is 15.7. The van der Waals surface area contributed by atoms with Crippen LogP contribution in [-0.2, 0) is 38.5 Å². The van der Waals surface area contributed by atoms with Crippen LogP contribution in [0, 0.1) is 32.6 Å². The van der Waals surface area contributed by atoms with E-state index >= 15 is 0 Å². The Morgan fingerprint density at radius 2 is 1.04 bits per heavy atom. The van der Waals surface area contributed by atoms with Gasteiger partial charge in [-0.25, -0.2) is 15.0 Å². The van der Waals surface area contributed by atoms with Gasteiger partial charge in [-0.05, 0) is 144 Å². The summed E-state index contributed by atoms with van der Waals surface area (Å²) in [6.45, 7) is 14.5. The minimum absolute atomic E-state index is 0.142. The van der Waals surface area contributed by atoms with Crippen molar-refractivity contribution in [3.05, 3.63) is 153 Å². The van der Waals surface area contributed by atoms with Crippen molar-refractivity contribution in [1.29, 1.82) is 0 Å². The number of anilines is 3. The number of fused-ring (bicyclic) bond motifs is 2. The molecule has 3 heterocycles. The van der Waals surface area contributed by atoms with E-state index in [0.29, 0.717) is 53.7 Å². The van der Waals surface area contributed by atoms with Gasteiger partial charge in [0.25, 0.3) is 0 Å². The first-order valence-corrected chi connectivity index (χ1v) is 27.5. The molecular weight excluding hydrogens is 999 g/mol. The number of para-hydroxylation sites is 2. The molecule has 4 aromatic carbocycles. The number of rotatable bonds is 17. The Morgan fingerprint density at radius 3 is 1.47 bits per heavy atom. The molecule has 0 bridgehead atoms. The summed E-state index contributed by atoms with van der Waals surface area (Å²) in [7, 11) is 0. The standard InChI is InChI=1S/C31H35F3N4S.C28H33F3N4S/c1-4-37(17-23-9-5-6-10-23)29-26(16-25-11-7-8-12-28(25)36-29)19-38(30-35-22(3)20-39-30)18-24-13-21(2)14-27(15-24)31(32,33)34;1-3-34(16-20-8-4-5-9-20)26-23(15-22-10-6-7-11-25(22)33-26)18-35(27(32)36)17-21-12-19(2)13-24(14-21)28(29,30)31/h7-8,11-16,20,23H,4-6,9-10,17-19H2,1-3H3;6-7,10-15,20H,3-5,8-9,16-18H2,1-2H3,(H2,32,36). The molecule has 0 radical (unpaired) electrons. The van der Waals surface area contributed by atoms with Gasteiger partial charge in [0.15, 0.2) is 10.2 Å². The average Bonchev–Trinajstić information content (AvgIpc) is 4.19. The zero-order valence-electron chi connectivity index (χ0n) is 43.6. The van der Waals surface area contributed by atoms with Crippen LogP contribution in [0.4, 0.5) is 43.1 Å². The largest absolute Gasteiger partial charge is 0.416 e. The molecule has 16 heteroatoms. The van der Waals surface area contributed by atoms with E-state index in [4.69, 9.17) is 32.9 Å². The molecule has 2 fully saturated rings. The van der Waals surface area contributed by atoms with Gasteiger partial charge in [0.2, 0.25) is 0 Å². The van der Waals surface area contributed by atoms with Gasteiger partial charge in [0.05, 0.1) is 27.9 Å². The second-order valence-electron chi connectivity index (χ2n) is 20.4. The first-order valence-electron chi connectivity index (χ1n) is 26.2. The molecule has 2 saturated carbocycles. The predicted octanol–water partition coefficient (Wildman–Crippen LogP) is 15.4. The summed E-state index contributed by atoms with van der Waals surface area (Å²) in [4.78, 5) is 23.5. The summed E-state index contributed by atoms with van der Waals surface area (Å²) in [6, 6.07) is 28.8. The highest BCUT2D eigenvalue weighted by Gasteiger charge is 2.33.